The van der Waals surface area contributed by atoms with Crippen LogP contribution in [0, 0.1) is 0 Å². The average Bonchev–Trinajstić information content (AvgIpc) is 2.63. The number of carbonyl (C=O) groups is 1. The van der Waals surface area contributed by atoms with Crippen LogP contribution in [0.2, 0.25) is 0 Å². The van der Waals surface area contributed by atoms with Crippen LogP contribution in [-0.4, -0.2) is 23.9 Å². The van der Waals surface area contributed by atoms with Crippen molar-refractivity contribution in [1.29, 1.82) is 0 Å². The van der Waals surface area contributed by atoms with Crippen molar-refractivity contribution >= 4 is 11.6 Å². The molecule has 0 saturated heterocycles. The minimum Gasteiger partial charge on any atom is -0.398 e. The molecule has 3 rings (SSSR count). The van der Waals surface area contributed by atoms with Crippen LogP contribution >= 0.6 is 0 Å². The van der Waals surface area contributed by atoms with E-state index in [1.165, 1.54) is 0 Å². The zero-order valence-electron chi connectivity index (χ0n) is 11.5. The van der Waals surface area contributed by atoms with Gasteiger partial charge in [-0.15, -0.1) is 8.78 Å². The lowest BCUT2D eigenvalue weighted by atomic mass is 9.76. The van der Waals surface area contributed by atoms with Crippen LogP contribution in [0.4, 0.5) is 27.6 Å². The first-order valence-electron chi connectivity index (χ1n) is 6.62. The SMILES string of the molecule is Nc1cc2c(cc1C(=O)NC1(C(F)(F)F)CCC1)OC(F)(F)O2. The molecule has 2 aliphatic rings. The van der Waals surface area contributed by atoms with E-state index in [0.29, 0.717) is 6.42 Å². The van der Waals surface area contributed by atoms with Gasteiger partial charge in [0.2, 0.25) is 0 Å². The van der Waals surface area contributed by atoms with Crippen molar-refractivity contribution in [3.05, 3.63) is 17.7 Å². The second-order valence-corrected chi connectivity index (χ2v) is 5.44. The first kappa shape index (κ1) is 15.6. The van der Waals surface area contributed by atoms with Gasteiger partial charge < -0.3 is 20.5 Å². The Morgan fingerprint density at radius 3 is 2.22 bits per heavy atom. The largest absolute Gasteiger partial charge is 0.586 e. The van der Waals surface area contributed by atoms with E-state index in [0.717, 1.165) is 12.1 Å². The highest BCUT2D eigenvalue weighted by molar-refractivity contribution is 6.00. The molecule has 0 unspecified atom stereocenters. The summed E-state index contributed by atoms with van der Waals surface area (Å²) in [6.07, 6.45) is -8.69. The van der Waals surface area contributed by atoms with Crippen molar-refractivity contribution < 1.29 is 36.2 Å². The molecule has 0 spiro atoms. The molecule has 1 heterocycles. The van der Waals surface area contributed by atoms with E-state index >= 15 is 0 Å². The molecule has 23 heavy (non-hydrogen) atoms. The Hall–Kier alpha value is -2.26. The molecule has 1 fully saturated rings. The lowest BCUT2D eigenvalue weighted by Crippen LogP contribution is -2.63. The van der Waals surface area contributed by atoms with Crippen LogP contribution in [0.1, 0.15) is 29.6 Å². The van der Waals surface area contributed by atoms with E-state index in [2.05, 4.69) is 9.47 Å². The van der Waals surface area contributed by atoms with Gasteiger partial charge in [0.25, 0.3) is 5.91 Å². The highest BCUT2D eigenvalue weighted by Crippen LogP contribution is 2.46. The lowest BCUT2D eigenvalue weighted by Gasteiger charge is -2.43. The maximum Gasteiger partial charge on any atom is 0.586 e. The Balaban J connectivity index is 1.87. The van der Waals surface area contributed by atoms with Crippen LogP contribution < -0.4 is 20.5 Å². The predicted octanol–water partition coefficient (Wildman–Crippen LogP) is 2.81. The van der Waals surface area contributed by atoms with Gasteiger partial charge in [-0.05, 0) is 25.3 Å². The summed E-state index contributed by atoms with van der Waals surface area (Å²) in [5.74, 6) is -1.97. The Kier molecular flexibility index (Phi) is 3.14. The van der Waals surface area contributed by atoms with Gasteiger partial charge in [0, 0.05) is 11.8 Å². The zero-order chi connectivity index (χ0) is 17.0. The van der Waals surface area contributed by atoms with E-state index in [1.807, 2.05) is 5.32 Å². The van der Waals surface area contributed by atoms with Crippen molar-refractivity contribution in [2.75, 3.05) is 5.73 Å². The number of benzene rings is 1. The molecular weight excluding hydrogens is 327 g/mol. The molecule has 1 aromatic rings. The summed E-state index contributed by atoms with van der Waals surface area (Å²) in [7, 11) is 0. The van der Waals surface area contributed by atoms with Crippen LogP contribution in [0.25, 0.3) is 0 Å². The van der Waals surface area contributed by atoms with Gasteiger partial charge in [-0.1, -0.05) is 0 Å². The molecule has 1 aliphatic carbocycles. The van der Waals surface area contributed by atoms with E-state index < -0.39 is 35.4 Å². The van der Waals surface area contributed by atoms with Crippen molar-refractivity contribution in [2.45, 2.75) is 37.3 Å². The fourth-order valence-corrected chi connectivity index (χ4v) is 2.50. The maximum absolute atomic E-state index is 13.1. The molecule has 3 N–H and O–H groups in total. The van der Waals surface area contributed by atoms with Crippen LogP contribution in [0.15, 0.2) is 12.1 Å². The summed E-state index contributed by atoms with van der Waals surface area (Å²) in [6.45, 7) is 0. The molecule has 1 aromatic carbocycles. The number of nitrogen functional groups attached to an aromatic ring is 1. The van der Waals surface area contributed by atoms with Gasteiger partial charge in [-0.2, -0.15) is 13.2 Å². The van der Waals surface area contributed by atoms with Crippen LogP contribution in [0.5, 0.6) is 11.5 Å². The first-order chi connectivity index (χ1) is 10.5. The normalized spacial score (nSPS) is 20.7. The maximum atomic E-state index is 13.1. The molecule has 0 bridgehead atoms. The number of ether oxygens (including phenoxy) is 2. The third-order valence-corrected chi connectivity index (χ3v) is 3.92. The predicted molar refractivity (Wildman–Crippen MR) is 67.2 cm³/mol. The van der Waals surface area contributed by atoms with Gasteiger partial charge in [0.1, 0.15) is 5.54 Å². The Labute approximate surface area is 126 Å². The van der Waals surface area contributed by atoms with E-state index in [9.17, 15) is 26.7 Å². The molecular formula is C13H11F5N2O3. The summed E-state index contributed by atoms with van der Waals surface area (Å²) in [6, 6.07) is 1.75. The van der Waals surface area contributed by atoms with Gasteiger partial charge in [0.05, 0.1) is 5.56 Å². The lowest BCUT2D eigenvalue weighted by molar-refractivity contribution is -0.286. The Morgan fingerprint density at radius 1 is 1.17 bits per heavy atom. The fourth-order valence-electron chi connectivity index (χ4n) is 2.50. The number of nitrogens with one attached hydrogen (secondary N) is 1. The molecule has 126 valence electrons. The number of nitrogens with two attached hydrogens (primary N) is 1. The number of hydrogen-bond donors (Lipinski definition) is 2. The molecule has 10 heteroatoms. The molecule has 0 radical (unpaired) electrons. The number of hydrogen-bond acceptors (Lipinski definition) is 4. The molecule has 0 aromatic heterocycles. The van der Waals surface area contributed by atoms with E-state index in [4.69, 9.17) is 5.73 Å². The highest BCUT2D eigenvalue weighted by Gasteiger charge is 2.59. The van der Waals surface area contributed by atoms with Crippen molar-refractivity contribution in [2.24, 2.45) is 0 Å². The van der Waals surface area contributed by atoms with Crippen molar-refractivity contribution in [1.82, 2.24) is 5.32 Å². The topological polar surface area (TPSA) is 73.6 Å². The Morgan fingerprint density at radius 2 is 1.74 bits per heavy atom. The average molecular weight is 338 g/mol. The third kappa shape index (κ3) is 2.51. The molecule has 0 atom stereocenters. The van der Waals surface area contributed by atoms with Gasteiger partial charge in [0.15, 0.2) is 11.5 Å². The second kappa shape index (κ2) is 4.62. The summed E-state index contributed by atoms with van der Waals surface area (Å²) in [5, 5.41) is 1.91. The standard InChI is InChI=1S/C13H11F5N2O3/c14-12(15,16)11(2-1-3-11)20-10(21)6-4-8-9(5-7(6)19)23-13(17,18)22-8/h4-5H,1-3,19H2,(H,20,21). The van der Waals surface area contributed by atoms with Gasteiger partial charge in [-0.3, -0.25) is 4.79 Å². The fraction of sp³-hybridized carbons (Fsp3) is 0.462. The van der Waals surface area contributed by atoms with Crippen LogP contribution in [-0.2, 0) is 0 Å². The first-order valence-corrected chi connectivity index (χ1v) is 6.62. The Bertz CT molecular complexity index is 670. The molecule has 1 saturated carbocycles. The number of rotatable bonds is 2. The van der Waals surface area contributed by atoms with E-state index in [-0.39, 0.29) is 24.1 Å². The third-order valence-electron chi connectivity index (χ3n) is 3.92. The summed E-state index contributed by atoms with van der Waals surface area (Å²) >= 11 is 0. The molecule has 5 nitrogen and oxygen atoms in total. The molecule has 1 aliphatic heterocycles. The van der Waals surface area contributed by atoms with E-state index in [1.54, 1.807) is 0 Å². The summed E-state index contributed by atoms with van der Waals surface area (Å²) in [4.78, 5) is 12.1. The quantitative estimate of drug-likeness (QED) is 0.642. The summed E-state index contributed by atoms with van der Waals surface area (Å²) < 4.78 is 73.4. The zero-order valence-corrected chi connectivity index (χ0v) is 11.5. The minimum absolute atomic E-state index is 0.245. The number of fused-ring (bicyclic) bond motifs is 1. The van der Waals surface area contributed by atoms with Crippen molar-refractivity contribution in [3.8, 4) is 11.5 Å². The van der Waals surface area contributed by atoms with Crippen LogP contribution in [0.3, 0.4) is 0 Å². The highest BCUT2D eigenvalue weighted by atomic mass is 19.4. The second-order valence-electron chi connectivity index (χ2n) is 5.44. The number of alkyl halides is 5. The summed E-state index contributed by atoms with van der Waals surface area (Å²) in [5.41, 5.74) is 2.56. The number of halogens is 5. The monoisotopic (exact) mass is 338 g/mol. The molecule has 1 amide bonds. The smallest absolute Gasteiger partial charge is 0.398 e. The number of anilines is 1. The van der Waals surface area contributed by atoms with Crippen molar-refractivity contribution in [3.63, 3.8) is 0 Å². The number of carbonyl (C=O) groups excluding carboxylic acids is 1. The number of amides is 1. The van der Waals surface area contributed by atoms with Gasteiger partial charge >= 0.3 is 12.5 Å². The van der Waals surface area contributed by atoms with Gasteiger partial charge in [-0.25, -0.2) is 0 Å². The minimum atomic E-state index is -4.61.